The lowest BCUT2D eigenvalue weighted by Gasteiger charge is -2.37. The van der Waals surface area contributed by atoms with Gasteiger partial charge in [0.2, 0.25) is 5.91 Å². The Labute approximate surface area is 163 Å². The molecule has 0 unspecified atom stereocenters. The van der Waals surface area contributed by atoms with Crippen molar-refractivity contribution in [1.82, 2.24) is 10.1 Å². The molecular weight excluding hydrogens is 362 g/mol. The fraction of sp³-hybridized carbons (Fsp3) is 0.450. The number of amides is 2. The smallest absolute Gasteiger partial charge is 0.265 e. The number of hydrogen-bond acceptors (Lipinski definition) is 6. The van der Waals surface area contributed by atoms with Crippen molar-refractivity contribution >= 4 is 17.5 Å². The van der Waals surface area contributed by atoms with Gasteiger partial charge in [-0.3, -0.25) is 9.59 Å². The van der Waals surface area contributed by atoms with Gasteiger partial charge >= 0.3 is 0 Å². The molecule has 0 bridgehead atoms. The summed E-state index contributed by atoms with van der Waals surface area (Å²) in [5, 5.41) is 3.92. The third-order valence-electron chi connectivity index (χ3n) is 5.18. The third-order valence-corrected chi connectivity index (χ3v) is 5.18. The highest BCUT2D eigenvalue weighted by molar-refractivity contribution is 5.98. The Kier molecular flexibility index (Phi) is 5.04. The molecule has 1 atom stereocenters. The van der Waals surface area contributed by atoms with Crippen LogP contribution in [0, 0.1) is 13.8 Å². The Hall–Kier alpha value is -2.87. The molecule has 0 saturated carbocycles. The number of aromatic nitrogens is 1. The zero-order valence-corrected chi connectivity index (χ0v) is 16.0. The first-order valence-electron chi connectivity index (χ1n) is 9.39. The van der Waals surface area contributed by atoms with Gasteiger partial charge < -0.3 is 23.8 Å². The van der Waals surface area contributed by atoms with Gasteiger partial charge in [0.1, 0.15) is 11.5 Å². The number of ether oxygens (including phenoxy) is 2. The van der Waals surface area contributed by atoms with Crippen molar-refractivity contribution < 1.29 is 23.6 Å². The summed E-state index contributed by atoms with van der Waals surface area (Å²) >= 11 is 0. The molecule has 1 saturated heterocycles. The van der Waals surface area contributed by atoms with Crippen LogP contribution < -0.4 is 9.64 Å². The highest BCUT2D eigenvalue weighted by atomic mass is 16.5. The molecule has 2 aromatic rings. The largest absolute Gasteiger partial charge is 0.476 e. The second kappa shape index (κ2) is 7.63. The normalized spacial score (nSPS) is 19.1. The minimum absolute atomic E-state index is 0.118. The van der Waals surface area contributed by atoms with E-state index in [1.807, 2.05) is 25.1 Å². The van der Waals surface area contributed by atoms with Crippen LogP contribution in [0.1, 0.15) is 17.0 Å². The van der Waals surface area contributed by atoms with Crippen molar-refractivity contribution in [3.63, 3.8) is 0 Å². The number of morpholine rings is 1. The number of hydrogen-bond donors (Lipinski definition) is 0. The highest BCUT2D eigenvalue weighted by Gasteiger charge is 2.36. The molecule has 0 aliphatic carbocycles. The Morgan fingerprint density at radius 1 is 1.18 bits per heavy atom. The molecule has 3 heterocycles. The second-order valence-corrected chi connectivity index (χ2v) is 7.00. The molecule has 1 fully saturated rings. The van der Waals surface area contributed by atoms with E-state index in [4.69, 9.17) is 14.0 Å². The van der Waals surface area contributed by atoms with Crippen LogP contribution in [0.2, 0.25) is 0 Å². The van der Waals surface area contributed by atoms with E-state index in [-0.39, 0.29) is 24.8 Å². The second-order valence-electron chi connectivity index (χ2n) is 7.00. The highest BCUT2D eigenvalue weighted by Crippen LogP contribution is 2.34. The Balaban J connectivity index is 1.58. The van der Waals surface area contributed by atoms with Gasteiger partial charge in [-0.1, -0.05) is 17.3 Å². The lowest BCUT2D eigenvalue weighted by atomic mass is 10.1. The molecule has 0 spiro atoms. The average Bonchev–Trinajstić information content (AvgIpc) is 3.05. The van der Waals surface area contributed by atoms with Gasteiger partial charge in [0.15, 0.2) is 6.10 Å². The van der Waals surface area contributed by atoms with Gasteiger partial charge in [0.05, 0.1) is 37.6 Å². The monoisotopic (exact) mass is 385 g/mol. The van der Waals surface area contributed by atoms with Crippen LogP contribution >= 0.6 is 0 Å². The van der Waals surface area contributed by atoms with Crippen LogP contribution in [0.4, 0.5) is 5.69 Å². The summed E-state index contributed by atoms with van der Waals surface area (Å²) < 4.78 is 16.4. The van der Waals surface area contributed by atoms with E-state index in [1.54, 1.807) is 22.8 Å². The van der Waals surface area contributed by atoms with Crippen molar-refractivity contribution in [2.75, 3.05) is 37.7 Å². The topological polar surface area (TPSA) is 85.1 Å². The quantitative estimate of drug-likeness (QED) is 0.796. The zero-order chi connectivity index (χ0) is 19.7. The molecule has 148 valence electrons. The standard InChI is InChI=1S/C20H23N3O5/c1-13-15(14(2)28-21-13)11-19(24)23-12-18(20(25)22-7-9-26-10-8-22)27-17-6-4-3-5-16(17)23/h3-6,18H,7-12H2,1-2H3/t18-/m0/s1. The van der Waals surface area contributed by atoms with Crippen LogP contribution in [0.3, 0.4) is 0 Å². The lowest BCUT2D eigenvalue weighted by molar-refractivity contribution is -0.142. The number of fused-ring (bicyclic) bond motifs is 1. The number of anilines is 1. The van der Waals surface area contributed by atoms with Gasteiger partial charge in [-0.15, -0.1) is 0 Å². The maximum atomic E-state index is 13.1. The zero-order valence-electron chi connectivity index (χ0n) is 16.0. The molecule has 0 radical (unpaired) electrons. The molecule has 8 heteroatoms. The third kappa shape index (κ3) is 3.47. The van der Waals surface area contributed by atoms with Crippen LogP contribution in [0.15, 0.2) is 28.8 Å². The molecule has 8 nitrogen and oxygen atoms in total. The van der Waals surface area contributed by atoms with E-state index in [2.05, 4.69) is 5.16 Å². The first kappa shape index (κ1) is 18.5. The molecular formula is C20H23N3O5. The van der Waals surface area contributed by atoms with E-state index < -0.39 is 6.10 Å². The summed E-state index contributed by atoms with van der Waals surface area (Å²) in [6.07, 6.45) is -0.574. The van der Waals surface area contributed by atoms with E-state index in [0.29, 0.717) is 49.2 Å². The Morgan fingerprint density at radius 2 is 1.93 bits per heavy atom. The van der Waals surface area contributed by atoms with Gasteiger partial charge in [0, 0.05) is 18.7 Å². The molecule has 4 rings (SSSR count). The van der Waals surface area contributed by atoms with Crippen molar-refractivity contribution in [3.8, 4) is 5.75 Å². The minimum Gasteiger partial charge on any atom is -0.476 e. The Morgan fingerprint density at radius 3 is 2.64 bits per heavy atom. The number of rotatable bonds is 3. The van der Waals surface area contributed by atoms with Gasteiger partial charge in [-0.05, 0) is 26.0 Å². The molecule has 2 aliphatic rings. The molecule has 1 aromatic heterocycles. The lowest BCUT2D eigenvalue weighted by Crippen LogP contribution is -2.54. The number of aryl methyl sites for hydroxylation is 2. The molecule has 28 heavy (non-hydrogen) atoms. The number of para-hydroxylation sites is 2. The van der Waals surface area contributed by atoms with E-state index >= 15 is 0 Å². The fourth-order valence-corrected chi connectivity index (χ4v) is 3.59. The van der Waals surface area contributed by atoms with E-state index in [1.165, 1.54) is 0 Å². The van der Waals surface area contributed by atoms with Crippen molar-refractivity contribution in [3.05, 3.63) is 41.3 Å². The summed E-state index contributed by atoms with van der Waals surface area (Å²) in [5.74, 6) is 0.929. The minimum atomic E-state index is -0.735. The number of carbonyl (C=O) groups excluding carboxylic acids is 2. The molecule has 2 amide bonds. The SMILES string of the molecule is Cc1noc(C)c1CC(=O)N1C[C@@H](C(=O)N2CCOCC2)Oc2ccccc21. The first-order valence-corrected chi connectivity index (χ1v) is 9.39. The van der Waals surface area contributed by atoms with Gasteiger partial charge in [-0.2, -0.15) is 0 Å². The van der Waals surface area contributed by atoms with Crippen LogP contribution in [-0.2, 0) is 20.7 Å². The predicted molar refractivity (Wildman–Crippen MR) is 100 cm³/mol. The summed E-state index contributed by atoms with van der Waals surface area (Å²) in [4.78, 5) is 29.4. The molecule has 2 aliphatic heterocycles. The van der Waals surface area contributed by atoms with E-state index in [9.17, 15) is 9.59 Å². The molecule has 0 N–H and O–H groups in total. The first-order chi connectivity index (χ1) is 13.5. The maximum absolute atomic E-state index is 13.1. The van der Waals surface area contributed by atoms with Crippen LogP contribution in [0.5, 0.6) is 5.75 Å². The van der Waals surface area contributed by atoms with Gasteiger partial charge in [0.25, 0.3) is 5.91 Å². The summed E-state index contributed by atoms with van der Waals surface area (Å²) in [7, 11) is 0. The summed E-state index contributed by atoms with van der Waals surface area (Å²) in [6, 6.07) is 7.29. The van der Waals surface area contributed by atoms with Crippen molar-refractivity contribution in [2.45, 2.75) is 26.4 Å². The summed E-state index contributed by atoms with van der Waals surface area (Å²) in [6.45, 7) is 5.89. The fourth-order valence-electron chi connectivity index (χ4n) is 3.59. The summed E-state index contributed by atoms with van der Waals surface area (Å²) in [5.41, 5.74) is 2.16. The molecule has 1 aromatic carbocycles. The van der Waals surface area contributed by atoms with Crippen molar-refractivity contribution in [2.24, 2.45) is 0 Å². The van der Waals surface area contributed by atoms with Crippen LogP contribution in [0.25, 0.3) is 0 Å². The maximum Gasteiger partial charge on any atom is 0.265 e. The van der Waals surface area contributed by atoms with Gasteiger partial charge in [-0.25, -0.2) is 0 Å². The predicted octanol–water partition coefficient (Wildman–Crippen LogP) is 1.49. The Bertz CT molecular complexity index is 868. The van der Waals surface area contributed by atoms with Crippen LogP contribution in [-0.4, -0.2) is 60.8 Å². The average molecular weight is 385 g/mol. The number of carbonyl (C=O) groups is 2. The number of nitrogens with zero attached hydrogens (tertiary/aromatic N) is 3. The van der Waals surface area contributed by atoms with E-state index in [0.717, 1.165) is 5.56 Å². The van der Waals surface area contributed by atoms with Crippen molar-refractivity contribution in [1.29, 1.82) is 0 Å². The number of benzene rings is 1.